The normalized spacial score (nSPS) is 11.8. The van der Waals surface area contributed by atoms with E-state index in [0.717, 1.165) is 11.1 Å². The molecule has 0 fully saturated rings. The van der Waals surface area contributed by atoms with Gasteiger partial charge in [-0.05, 0) is 17.4 Å². The van der Waals surface area contributed by atoms with Crippen LogP contribution in [0.3, 0.4) is 0 Å². The minimum Gasteiger partial charge on any atom is -0.860 e. The van der Waals surface area contributed by atoms with Crippen molar-refractivity contribution in [2.24, 2.45) is 10.2 Å². The molecule has 0 spiro atoms. The van der Waals surface area contributed by atoms with Gasteiger partial charge < -0.3 is 10.2 Å². The van der Waals surface area contributed by atoms with E-state index in [1.165, 1.54) is 10.0 Å². The molecule has 140 valence electrons. The first-order valence-electron chi connectivity index (χ1n) is 8.18. The van der Waals surface area contributed by atoms with Crippen LogP contribution in [0, 0.1) is 0 Å². The van der Waals surface area contributed by atoms with Gasteiger partial charge in [0.15, 0.2) is 0 Å². The molecule has 0 bridgehead atoms. The van der Waals surface area contributed by atoms with Gasteiger partial charge >= 0.3 is 0 Å². The van der Waals surface area contributed by atoms with Gasteiger partial charge in [-0.3, -0.25) is 10.0 Å². The monoisotopic (exact) mass is 380 g/mol. The quantitative estimate of drug-likeness (QED) is 0.316. The number of rotatable bonds is 7. The van der Waals surface area contributed by atoms with Crippen molar-refractivity contribution in [2.45, 2.75) is 6.42 Å². The van der Waals surface area contributed by atoms with E-state index < -0.39 is 18.2 Å². The number of hydrogen-bond donors (Lipinski definition) is 0. The van der Waals surface area contributed by atoms with Crippen LogP contribution in [-0.4, -0.2) is 40.9 Å². The summed E-state index contributed by atoms with van der Waals surface area (Å²) < 4.78 is 0. The smallest absolute Gasteiger partial charge is 0.129 e. The van der Waals surface area contributed by atoms with Gasteiger partial charge in [0.2, 0.25) is 0 Å². The summed E-state index contributed by atoms with van der Waals surface area (Å²) in [6, 6.07) is 18.5. The molecule has 0 aliphatic heterocycles. The molecule has 0 saturated carbocycles. The van der Waals surface area contributed by atoms with Crippen molar-refractivity contribution in [3.8, 4) is 0 Å². The van der Waals surface area contributed by atoms with Gasteiger partial charge in [-0.2, -0.15) is 10.2 Å². The third kappa shape index (κ3) is 5.93. The fourth-order valence-corrected chi connectivity index (χ4v) is 2.40. The molecule has 0 radical (unpaired) electrons. The Bertz CT molecular complexity index is 779. The lowest BCUT2D eigenvalue weighted by atomic mass is 10.2. The van der Waals surface area contributed by atoms with Crippen LogP contribution >= 0.6 is 12.2 Å². The van der Waals surface area contributed by atoms with E-state index in [1.54, 1.807) is 14.1 Å². The molecule has 0 unspecified atom stereocenters. The van der Waals surface area contributed by atoms with Crippen molar-refractivity contribution in [3.63, 3.8) is 0 Å². The van der Waals surface area contributed by atoms with Crippen LogP contribution in [0.15, 0.2) is 77.4 Å². The Morgan fingerprint density at radius 2 is 1.30 bits per heavy atom. The van der Waals surface area contributed by atoms with Crippen molar-refractivity contribution in [1.29, 1.82) is 0 Å². The second-order valence-electron chi connectivity index (χ2n) is 5.70. The number of benzene rings is 2. The molecule has 0 N–H and O–H groups in total. The fourth-order valence-electron chi connectivity index (χ4n) is 2.23. The Morgan fingerprint density at radius 1 is 0.852 bits per heavy atom. The molecule has 0 amide bonds. The Hall–Kier alpha value is -3.19. The molecule has 0 saturated heterocycles. The second-order valence-corrected chi connectivity index (χ2v) is 6.08. The van der Waals surface area contributed by atoms with Gasteiger partial charge in [-0.1, -0.05) is 79.5 Å². The molecule has 0 aliphatic carbocycles. The standard InChI is InChI=1S/C20H22N4O2S/c1-15(16-10-6-4-7-11-16)23(2)21-18(25)14-19(26)22-24(3)20(27)17-12-8-5-9-13-17/h4-13H,1,14H2,2-3H3,(H,21,25)(H,22,26)/p-2. The molecule has 2 aromatic carbocycles. The van der Waals surface area contributed by atoms with Crippen molar-refractivity contribution >= 4 is 34.7 Å². The highest BCUT2D eigenvalue weighted by Gasteiger charge is 2.05. The van der Waals surface area contributed by atoms with Gasteiger partial charge in [0.1, 0.15) is 4.99 Å². The first-order valence-corrected chi connectivity index (χ1v) is 8.59. The van der Waals surface area contributed by atoms with Gasteiger partial charge in [0.05, 0.1) is 5.70 Å². The first-order chi connectivity index (χ1) is 12.9. The third-order valence-corrected chi connectivity index (χ3v) is 4.14. The fraction of sp³-hybridized carbons (Fsp3) is 0.150. The van der Waals surface area contributed by atoms with E-state index in [-0.39, 0.29) is 0 Å². The second kappa shape index (κ2) is 9.49. The third-order valence-electron chi connectivity index (χ3n) is 3.64. The number of hydrogen-bond acceptors (Lipinski definition) is 6. The van der Waals surface area contributed by atoms with Crippen molar-refractivity contribution in [2.75, 3.05) is 14.1 Å². The van der Waals surface area contributed by atoms with Gasteiger partial charge in [0.25, 0.3) is 0 Å². The Morgan fingerprint density at radius 3 is 1.81 bits per heavy atom. The van der Waals surface area contributed by atoms with Crippen LogP contribution in [0.25, 0.3) is 5.70 Å². The Labute approximate surface area is 164 Å². The first kappa shape index (κ1) is 20.1. The van der Waals surface area contributed by atoms with Crippen LogP contribution in [0.2, 0.25) is 0 Å². The van der Waals surface area contributed by atoms with Crippen LogP contribution in [0.4, 0.5) is 0 Å². The minimum atomic E-state index is -0.622. The molecule has 7 heteroatoms. The van der Waals surface area contributed by atoms with E-state index in [1.807, 2.05) is 60.7 Å². The average molecular weight is 380 g/mol. The van der Waals surface area contributed by atoms with Gasteiger partial charge in [0, 0.05) is 26.1 Å². The predicted molar refractivity (Wildman–Crippen MR) is 109 cm³/mol. The SMILES string of the molecule is C=C(c1ccccc1)N(C)/N=C(\[O-])C/C([O-])=N/N(C)C(=S)c1ccccc1. The highest BCUT2D eigenvalue weighted by atomic mass is 32.1. The molecule has 6 nitrogen and oxygen atoms in total. The molecule has 0 atom stereocenters. The Kier molecular flexibility index (Phi) is 7.08. The molecule has 2 aromatic rings. The maximum absolute atomic E-state index is 12.0. The lowest BCUT2D eigenvalue weighted by Gasteiger charge is -2.23. The number of thiocarbonyl (C=S) groups is 1. The zero-order valence-electron chi connectivity index (χ0n) is 15.2. The molecule has 0 aromatic heterocycles. The molecular weight excluding hydrogens is 360 g/mol. The van der Waals surface area contributed by atoms with E-state index in [2.05, 4.69) is 16.8 Å². The van der Waals surface area contributed by atoms with Crippen LogP contribution in [-0.2, 0) is 0 Å². The lowest BCUT2D eigenvalue weighted by molar-refractivity contribution is -0.234. The van der Waals surface area contributed by atoms with Crippen molar-refractivity contribution < 1.29 is 10.2 Å². The molecular formula is C20H20N4O2S-2. The topological polar surface area (TPSA) is 77.3 Å². The van der Waals surface area contributed by atoms with Gasteiger partial charge in [-0.15, -0.1) is 0 Å². The summed E-state index contributed by atoms with van der Waals surface area (Å²) in [5.41, 5.74) is 2.15. The molecule has 27 heavy (non-hydrogen) atoms. The number of hydrazone groups is 2. The van der Waals surface area contributed by atoms with Gasteiger partial charge in [-0.25, -0.2) is 0 Å². The molecule has 0 aliphatic rings. The maximum atomic E-state index is 12.0. The molecule has 2 rings (SSSR count). The predicted octanol–water partition coefficient (Wildman–Crippen LogP) is 1.63. The zero-order valence-corrected chi connectivity index (χ0v) is 16.0. The largest absolute Gasteiger partial charge is 0.860 e. The summed E-state index contributed by atoms with van der Waals surface area (Å²) in [5.74, 6) is -1.23. The van der Waals surface area contributed by atoms with Crippen molar-refractivity contribution in [1.82, 2.24) is 10.0 Å². The van der Waals surface area contributed by atoms with E-state index in [4.69, 9.17) is 12.2 Å². The van der Waals surface area contributed by atoms with E-state index >= 15 is 0 Å². The lowest BCUT2D eigenvalue weighted by Crippen LogP contribution is -2.33. The summed E-state index contributed by atoms with van der Waals surface area (Å²) in [5, 5.41) is 34.4. The summed E-state index contributed by atoms with van der Waals surface area (Å²) in [6.07, 6.45) is -0.450. The summed E-state index contributed by atoms with van der Waals surface area (Å²) in [4.78, 5) is 0.392. The number of nitrogens with zero attached hydrogens (tertiary/aromatic N) is 4. The highest BCUT2D eigenvalue weighted by molar-refractivity contribution is 7.80. The van der Waals surface area contributed by atoms with Crippen molar-refractivity contribution in [3.05, 3.63) is 78.4 Å². The van der Waals surface area contributed by atoms with Crippen LogP contribution in [0.5, 0.6) is 0 Å². The van der Waals surface area contributed by atoms with Crippen LogP contribution in [0.1, 0.15) is 17.5 Å². The van der Waals surface area contributed by atoms with Crippen LogP contribution < -0.4 is 10.2 Å². The minimum absolute atomic E-state index is 0.392. The average Bonchev–Trinajstić information content (AvgIpc) is 2.67. The maximum Gasteiger partial charge on any atom is 0.129 e. The summed E-state index contributed by atoms with van der Waals surface area (Å²) >= 11 is 5.29. The summed E-state index contributed by atoms with van der Waals surface area (Å²) in [6.45, 7) is 3.91. The zero-order chi connectivity index (χ0) is 19.8. The van der Waals surface area contributed by atoms with E-state index in [9.17, 15) is 10.2 Å². The van der Waals surface area contributed by atoms with E-state index in [0.29, 0.717) is 10.7 Å². The summed E-state index contributed by atoms with van der Waals surface area (Å²) in [7, 11) is 3.17. The molecule has 0 heterocycles. The highest BCUT2D eigenvalue weighted by Crippen LogP contribution is 2.15. The Balaban J connectivity index is 2.00.